The average Bonchev–Trinajstić information content (AvgIpc) is 2.50. The Morgan fingerprint density at radius 3 is 2.71 bits per heavy atom. The van der Waals surface area contributed by atoms with Gasteiger partial charge in [0.1, 0.15) is 6.10 Å². The monoisotopic (exact) mass is 198 g/mol. The summed E-state index contributed by atoms with van der Waals surface area (Å²) in [6.45, 7) is 6.05. The maximum atomic E-state index is 9.74. The third-order valence-electron chi connectivity index (χ3n) is 2.09. The van der Waals surface area contributed by atoms with Crippen LogP contribution < -0.4 is 0 Å². The van der Waals surface area contributed by atoms with E-state index < -0.39 is 11.7 Å². The van der Waals surface area contributed by atoms with Gasteiger partial charge in [-0.25, -0.2) is 0 Å². The molecule has 0 spiro atoms. The summed E-state index contributed by atoms with van der Waals surface area (Å²) in [4.78, 5) is 0. The molecule has 80 valence electrons. The molecule has 1 atom stereocenters. The van der Waals surface area contributed by atoms with Crippen LogP contribution in [0.3, 0.4) is 0 Å². The molecule has 4 heteroatoms. The highest BCUT2D eigenvalue weighted by Crippen LogP contribution is 2.24. The van der Waals surface area contributed by atoms with Gasteiger partial charge in [0.15, 0.2) is 0 Å². The summed E-state index contributed by atoms with van der Waals surface area (Å²) in [5.41, 5.74) is -0.467. The fourth-order valence-corrected chi connectivity index (χ4v) is 1.28. The van der Waals surface area contributed by atoms with Gasteiger partial charge in [0.05, 0.1) is 11.8 Å². The third kappa shape index (κ3) is 2.56. The van der Waals surface area contributed by atoms with Gasteiger partial charge in [0.25, 0.3) is 0 Å². The zero-order valence-electron chi connectivity index (χ0n) is 8.94. The van der Waals surface area contributed by atoms with E-state index in [1.54, 1.807) is 30.9 Å². The minimum absolute atomic E-state index is 0.658. The zero-order chi connectivity index (χ0) is 10.8. The molecule has 14 heavy (non-hydrogen) atoms. The van der Waals surface area contributed by atoms with Crippen LogP contribution in [-0.2, 0) is 6.54 Å². The topological polar surface area (TPSA) is 58.3 Å². The summed E-state index contributed by atoms with van der Waals surface area (Å²) in [6, 6.07) is 0. The molecule has 2 N–H and O–H groups in total. The van der Waals surface area contributed by atoms with Gasteiger partial charge < -0.3 is 10.2 Å². The maximum Gasteiger partial charge on any atom is 0.110 e. The largest absolute Gasteiger partial charge is 0.387 e. The number of aromatic nitrogens is 2. The van der Waals surface area contributed by atoms with Gasteiger partial charge in [-0.2, -0.15) is 5.10 Å². The molecule has 0 aromatic carbocycles. The van der Waals surface area contributed by atoms with Crippen molar-refractivity contribution < 1.29 is 10.2 Å². The van der Waals surface area contributed by atoms with Crippen molar-refractivity contribution in [1.29, 1.82) is 0 Å². The minimum atomic E-state index is -1.12. The second-order valence-corrected chi connectivity index (χ2v) is 4.09. The molecule has 0 fully saturated rings. The Hall–Kier alpha value is -0.870. The van der Waals surface area contributed by atoms with Gasteiger partial charge in [0.2, 0.25) is 0 Å². The second-order valence-electron chi connectivity index (χ2n) is 4.09. The van der Waals surface area contributed by atoms with Gasteiger partial charge >= 0.3 is 0 Å². The first-order valence-electron chi connectivity index (χ1n) is 4.88. The van der Waals surface area contributed by atoms with Gasteiger partial charge in [-0.3, -0.25) is 4.68 Å². The van der Waals surface area contributed by atoms with E-state index in [0.29, 0.717) is 5.56 Å². The summed E-state index contributed by atoms with van der Waals surface area (Å²) in [5, 5.41) is 23.4. The van der Waals surface area contributed by atoms with Crippen molar-refractivity contribution in [2.24, 2.45) is 0 Å². The molecule has 0 aliphatic heterocycles. The van der Waals surface area contributed by atoms with E-state index in [-0.39, 0.29) is 0 Å². The van der Waals surface area contributed by atoms with Crippen molar-refractivity contribution in [2.75, 3.05) is 0 Å². The first-order valence-corrected chi connectivity index (χ1v) is 4.88. The summed E-state index contributed by atoms with van der Waals surface area (Å²) in [7, 11) is 0. The Labute approximate surface area is 84.2 Å². The van der Waals surface area contributed by atoms with Crippen molar-refractivity contribution in [1.82, 2.24) is 9.78 Å². The smallest absolute Gasteiger partial charge is 0.110 e. The Morgan fingerprint density at radius 1 is 1.57 bits per heavy atom. The number of aliphatic hydroxyl groups is 2. The quantitative estimate of drug-likeness (QED) is 0.761. The maximum absolute atomic E-state index is 9.74. The Kier molecular flexibility index (Phi) is 3.29. The van der Waals surface area contributed by atoms with E-state index in [9.17, 15) is 10.2 Å². The SMILES string of the molecule is CCCn1cc(C(O)C(C)(C)O)cn1. The van der Waals surface area contributed by atoms with Gasteiger partial charge in [0, 0.05) is 18.3 Å². The molecular formula is C10H18N2O2. The number of nitrogens with zero attached hydrogens (tertiary/aromatic N) is 2. The number of hydrogen-bond donors (Lipinski definition) is 2. The average molecular weight is 198 g/mol. The molecule has 0 radical (unpaired) electrons. The van der Waals surface area contributed by atoms with Crippen LogP contribution in [0.25, 0.3) is 0 Å². The predicted molar refractivity (Wildman–Crippen MR) is 53.8 cm³/mol. The second kappa shape index (κ2) is 4.11. The predicted octanol–water partition coefficient (Wildman–Crippen LogP) is 1.10. The fraction of sp³-hybridized carbons (Fsp3) is 0.700. The lowest BCUT2D eigenvalue weighted by Crippen LogP contribution is -2.28. The van der Waals surface area contributed by atoms with E-state index in [2.05, 4.69) is 12.0 Å². The molecule has 0 bridgehead atoms. The van der Waals surface area contributed by atoms with E-state index in [1.165, 1.54) is 0 Å². The number of aryl methyl sites for hydroxylation is 1. The lowest BCUT2D eigenvalue weighted by molar-refractivity contribution is -0.0497. The van der Waals surface area contributed by atoms with E-state index in [1.807, 2.05) is 0 Å². The molecule has 1 heterocycles. The normalized spacial score (nSPS) is 14.4. The highest BCUT2D eigenvalue weighted by molar-refractivity contribution is 5.11. The molecule has 1 aromatic rings. The molecule has 0 saturated carbocycles. The Bertz CT molecular complexity index is 289. The van der Waals surface area contributed by atoms with Crippen molar-refractivity contribution in [2.45, 2.75) is 45.4 Å². The van der Waals surface area contributed by atoms with E-state index >= 15 is 0 Å². The molecule has 4 nitrogen and oxygen atoms in total. The molecule has 1 aromatic heterocycles. The van der Waals surface area contributed by atoms with Crippen LogP contribution in [0.5, 0.6) is 0 Å². The first-order chi connectivity index (χ1) is 6.45. The summed E-state index contributed by atoms with van der Waals surface area (Å²) in [6.07, 6.45) is 3.48. The van der Waals surface area contributed by atoms with Crippen LogP contribution in [-0.4, -0.2) is 25.6 Å². The molecule has 0 aliphatic rings. The molecular weight excluding hydrogens is 180 g/mol. The van der Waals surface area contributed by atoms with Crippen LogP contribution in [0.1, 0.15) is 38.9 Å². The van der Waals surface area contributed by atoms with Gasteiger partial charge in [-0.15, -0.1) is 0 Å². The Balaban J connectivity index is 2.76. The minimum Gasteiger partial charge on any atom is -0.387 e. The van der Waals surface area contributed by atoms with Gasteiger partial charge in [-0.1, -0.05) is 6.92 Å². The van der Waals surface area contributed by atoms with E-state index in [4.69, 9.17) is 0 Å². The highest BCUT2D eigenvalue weighted by Gasteiger charge is 2.26. The number of aliphatic hydroxyl groups excluding tert-OH is 1. The lowest BCUT2D eigenvalue weighted by Gasteiger charge is -2.23. The summed E-state index contributed by atoms with van der Waals surface area (Å²) < 4.78 is 1.77. The van der Waals surface area contributed by atoms with Crippen LogP contribution in [0.15, 0.2) is 12.4 Å². The summed E-state index contributed by atoms with van der Waals surface area (Å²) in [5.74, 6) is 0. The standard InChI is InChI=1S/C10H18N2O2/c1-4-5-12-7-8(6-11-12)9(13)10(2,3)14/h6-7,9,13-14H,4-5H2,1-3H3. The highest BCUT2D eigenvalue weighted by atomic mass is 16.3. The molecule has 0 aliphatic carbocycles. The molecule has 0 amide bonds. The molecule has 1 unspecified atom stereocenters. The van der Waals surface area contributed by atoms with Crippen molar-refractivity contribution in [3.63, 3.8) is 0 Å². The third-order valence-corrected chi connectivity index (χ3v) is 2.09. The fourth-order valence-electron chi connectivity index (χ4n) is 1.28. The van der Waals surface area contributed by atoms with Crippen LogP contribution in [0.4, 0.5) is 0 Å². The van der Waals surface area contributed by atoms with Crippen molar-refractivity contribution in [3.05, 3.63) is 18.0 Å². The molecule has 1 rings (SSSR count). The van der Waals surface area contributed by atoms with Crippen molar-refractivity contribution in [3.8, 4) is 0 Å². The lowest BCUT2D eigenvalue weighted by atomic mass is 9.97. The number of rotatable bonds is 4. The van der Waals surface area contributed by atoms with Crippen LogP contribution in [0.2, 0.25) is 0 Å². The molecule has 0 saturated heterocycles. The summed E-state index contributed by atoms with van der Waals surface area (Å²) >= 11 is 0. The van der Waals surface area contributed by atoms with Crippen LogP contribution >= 0.6 is 0 Å². The number of hydrogen-bond acceptors (Lipinski definition) is 3. The first kappa shape index (κ1) is 11.2. The zero-order valence-corrected chi connectivity index (χ0v) is 8.94. The Morgan fingerprint density at radius 2 is 2.21 bits per heavy atom. The van der Waals surface area contributed by atoms with E-state index in [0.717, 1.165) is 13.0 Å². The van der Waals surface area contributed by atoms with Crippen LogP contribution in [0, 0.1) is 0 Å². The van der Waals surface area contributed by atoms with Gasteiger partial charge in [-0.05, 0) is 20.3 Å². The van der Waals surface area contributed by atoms with Crippen molar-refractivity contribution >= 4 is 0 Å².